The van der Waals surface area contributed by atoms with Crippen molar-refractivity contribution >= 4 is 21.8 Å². The van der Waals surface area contributed by atoms with Crippen molar-refractivity contribution in [3.05, 3.63) is 33.8 Å². The van der Waals surface area contributed by atoms with Crippen molar-refractivity contribution in [2.75, 3.05) is 6.54 Å². The second-order valence-corrected chi connectivity index (χ2v) is 5.26. The van der Waals surface area contributed by atoms with Gasteiger partial charge in [-0.25, -0.2) is 8.78 Å². The minimum absolute atomic E-state index is 0.000278. The maximum absolute atomic E-state index is 13.7. The van der Waals surface area contributed by atoms with Crippen LogP contribution in [0, 0.1) is 17.6 Å². The van der Waals surface area contributed by atoms with E-state index in [0.29, 0.717) is 13.0 Å². The van der Waals surface area contributed by atoms with Gasteiger partial charge in [0.2, 0.25) is 5.91 Å². The van der Waals surface area contributed by atoms with Crippen LogP contribution in [0.4, 0.5) is 8.78 Å². The van der Waals surface area contributed by atoms with Crippen molar-refractivity contribution in [3.63, 3.8) is 0 Å². The summed E-state index contributed by atoms with van der Waals surface area (Å²) in [7, 11) is 0. The second-order valence-electron chi connectivity index (χ2n) is 4.41. The van der Waals surface area contributed by atoms with Crippen LogP contribution in [-0.2, 0) is 11.3 Å². The van der Waals surface area contributed by atoms with Crippen LogP contribution in [0.1, 0.15) is 18.9 Å². The molecule has 5 heteroatoms. The number of nitrogens with zero attached hydrogens (tertiary/aromatic N) is 1. The standard InChI is InChI=1S/C12H12BrF2NO/c1-7-4-11(17)16(5-7)6-8-10(14)3-2-9(13)12(8)15/h2-3,7H,4-6H2,1H3. The fourth-order valence-electron chi connectivity index (χ4n) is 2.03. The van der Waals surface area contributed by atoms with Gasteiger partial charge in [0.15, 0.2) is 0 Å². The molecule has 92 valence electrons. The van der Waals surface area contributed by atoms with Crippen LogP contribution in [0.2, 0.25) is 0 Å². The molecule has 1 aromatic rings. The molecule has 1 aromatic carbocycles. The Balaban J connectivity index is 2.24. The summed E-state index contributed by atoms with van der Waals surface area (Å²) in [4.78, 5) is 13.1. The average Bonchev–Trinajstić information content (AvgIpc) is 2.58. The van der Waals surface area contributed by atoms with Crippen LogP contribution in [0.15, 0.2) is 16.6 Å². The molecule has 1 fully saturated rings. The maximum Gasteiger partial charge on any atom is 0.223 e. The molecule has 17 heavy (non-hydrogen) atoms. The van der Waals surface area contributed by atoms with Gasteiger partial charge in [0.05, 0.1) is 11.0 Å². The lowest BCUT2D eigenvalue weighted by Crippen LogP contribution is -2.25. The fourth-order valence-corrected chi connectivity index (χ4v) is 2.40. The van der Waals surface area contributed by atoms with Crippen LogP contribution < -0.4 is 0 Å². The van der Waals surface area contributed by atoms with Gasteiger partial charge in [-0.3, -0.25) is 4.79 Å². The zero-order valence-corrected chi connectivity index (χ0v) is 10.9. The highest BCUT2D eigenvalue weighted by Crippen LogP contribution is 2.25. The lowest BCUT2D eigenvalue weighted by Gasteiger charge is -2.17. The molecule has 1 heterocycles. The van der Waals surface area contributed by atoms with Gasteiger partial charge in [0.25, 0.3) is 0 Å². The molecule has 1 unspecified atom stereocenters. The molecule has 0 N–H and O–H groups in total. The highest BCUT2D eigenvalue weighted by atomic mass is 79.9. The first-order chi connectivity index (χ1) is 7.99. The summed E-state index contributed by atoms with van der Waals surface area (Å²) in [6.45, 7) is 2.51. The Hall–Kier alpha value is -0.970. The molecule has 2 nitrogen and oxygen atoms in total. The summed E-state index contributed by atoms with van der Waals surface area (Å²) in [5.74, 6) is -1.03. The summed E-state index contributed by atoms with van der Waals surface area (Å²) in [5.41, 5.74) is -0.0539. The third-order valence-corrected chi connectivity index (χ3v) is 3.51. The number of amides is 1. The van der Waals surface area contributed by atoms with Crippen molar-refractivity contribution in [2.24, 2.45) is 5.92 Å². The van der Waals surface area contributed by atoms with Gasteiger partial charge in [-0.1, -0.05) is 6.92 Å². The van der Waals surface area contributed by atoms with Crippen LogP contribution >= 0.6 is 15.9 Å². The van der Waals surface area contributed by atoms with Gasteiger partial charge in [0.1, 0.15) is 11.6 Å². The number of hydrogen-bond donors (Lipinski definition) is 0. The number of halogens is 3. The monoisotopic (exact) mass is 303 g/mol. The number of carbonyl (C=O) groups is 1. The highest BCUT2D eigenvalue weighted by molar-refractivity contribution is 9.10. The number of carbonyl (C=O) groups excluding carboxylic acids is 1. The molecule has 0 saturated carbocycles. The molecule has 0 spiro atoms. The van der Waals surface area contributed by atoms with E-state index in [0.717, 1.165) is 0 Å². The molecule has 0 radical (unpaired) electrons. The number of hydrogen-bond acceptors (Lipinski definition) is 1. The molecule has 1 amide bonds. The molecule has 1 aliphatic heterocycles. The normalized spacial score (nSPS) is 20.1. The Morgan fingerprint density at radius 1 is 1.47 bits per heavy atom. The Morgan fingerprint density at radius 2 is 2.18 bits per heavy atom. The molecule has 0 bridgehead atoms. The smallest absolute Gasteiger partial charge is 0.223 e. The average molecular weight is 304 g/mol. The van der Waals surface area contributed by atoms with Crippen molar-refractivity contribution < 1.29 is 13.6 Å². The topological polar surface area (TPSA) is 20.3 Å². The Kier molecular flexibility index (Phi) is 3.47. The van der Waals surface area contributed by atoms with E-state index >= 15 is 0 Å². The molecular formula is C12H12BrF2NO. The SMILES string of the molecule is CC1CC(=O)N(Cc2c(F)ccc(Br)c2F)C1. The highest BCUT2D eigenvalue weighted by Gasteiger charge is 2.28. The quantitative estimate of drug-likeness (QED) is 0.769. The van der Waals surface area contributed by atoms with Gasteiger partial charge in [-0.15, -0.1) is 0 Å². The van der Waals surface area contributed by atoms with E-state index in [1.807, 2.05) is 6.92 Å². The van der Waals surface area contributed by atoms with Gasteiger partial charge in [0, 0.05) is 18.5 Å². The van der Waals surface area contributed by atoms with Gasteiger partial charge in [-0.2, -0.15) is 0 Å². The van der Waals surface area contributed by atoms with E-state index in [9.17, 15) is 13.6 Å². The van der Waals surface area contributed by atoms with Gasteiger partial charge >= 0.3 is 0 Å². The summed E-state index contributed by atoms with van der Waals surface area (Å²) < 4.78 is 27.4. The number of benzene rings is 1. The molecule has 1 aliphatic rings. The molecule has 2 rings (SSSR count). The van der Waals surface area contributed by atoms with E-state index in [1.165, 1.54) is 17.0 Å². The molecule has 0 aliphatic carbocycles. The summed E-state index contributed by atoms with van der Waals surface area (Å²) in [5, 5.41) is 0. The molecule has 1 saturated heterocycles. The lowest BCUT2D eigenvalue weighted by atomic mass is 10.1. The van der Waals surface area contributed by atoms with Crippen LogP contribution in [-0.4, -0.2) is 17.4 Å². The molecule has 0 aromatic heterocycles. The van der Waals surface area contributed by atoms with E-state index in [2.05, 4.69) is 15.9 Å². The Bertz CT molecular complexity index is 464. The van der Waals surface area contributed by atoms with E-state index in [1.54, 1.807) is 0 Å². The van der Waals surface area contributed by atoms with Crippen LogP contribution in [0.3, 0.4) is 0 Å². The van der Waals surface area contributed by atoms with Crippen molar-refractivity contribution in [1.29, 1.82) is 0 Å². The number of likely N-dealkylation sites (tertiary alicyclic amines) is 1. The van der Waals surface area contributed by atoms with E-state index in [-0.39, 0.29) is 28.4 Å². The van der Waals surface area contributed by atoms with Crippen LogP contribution in [0.25, 0.3) is 0 Å². The first kappa shape index (κ1) is 12.5. The second kappa shape index (κ2) is 4.72. The van der Waals surface area contributed by atoms with Gasteiger partial charge in [-0.05, 0) is 34.0 Å². The first-order valence-electron chi connectivity index (χ1n) is 5.39. The minimum Gasteiger partial charge on any atom is -0.338 e. The lowest BCUT2D eigenvalue weighted by molar-refractivity contribution is -0.128. The van der Waals surface area contributed by atoms with E-state index in [4.69, 9.17) is 0 Å². The third kappa shape index (κ3) is 2.49. The van der Waals surface area contributed by atoms with Crippen molar-refractivity contribution in [3.8, 4) is 0 Å². The van der Waals surface area contributed by atoms with Crippen molar-refractivity contribution in [2.45, 2.75) is 19.9 Å². The fraction of sp³-hybridized carbons (Fsp3) is 0.417. The van der Waals surface area contributed by atoms with Gasteiger partial charge < -0.3 is 4.90 Å². The first-order valence-corrected chi connectivity index (χ1v) is 6.18. The van der Waals surface area contributed by atoms with Crippen LogP contribution in [0.5, 0.6) is 0 Å². The predicted octanol–water partition coefficient (Wildman–Crippen LogP) is 3.10. The third-order valence-electron chi connectivity index (χ3n) is 2.90. The van der Waals surface area contributed by atoms with E-state index < -0.39 is 11.6 Å². The zero-order valence-electron chi connectivity index (χ0n) is 9.34. The Morgan fingerprint density at radius 3 is 2.76 bits per heavy atom. The predicted molar refractivity (Wildman–Crippen MR) is 63.3 cm³/mol. The minimum atomic E-state index is -0.627. The Labute approximate surface area is 107 Å². The zero-order chi connectivity index (χ0) is 12.6. The molecule has 1 atom stereocenters. The molecular weight excluding hydrogens is 292 g/mol. The van der Waals surface area contributed by atoms with Crippen molar-refractivity contribution in [1.82, 2.24) is 4.90 Å². The largest absolute Gasteiger partial charge is 0.338 e. The summed E-state index contributed by atoms with van der Waals surface area (Å²) in [6, 6.07) is 2.52. The maximum atomic E-state index is 13.7. The number of rotatable bonds is 2. The summed E-state index contributed by atoms with van der Waals surface area (Å²) >= 11 is 3.01. The summed E-state index contributed by atoms with van der Waals surface area (Å²) in [6.07, 6.45) is 0.456.